The van der Waals surface area contributed by atoms with Crippen LogP contribution in [-0.2, 0) is 16.0 Å². The molecule has 3 heteroatoms. The summed E-state index contributed by atoms with van der Waals surface area (Å²) in [6.07, 6.45) is 6.44. The highest BCUT2D eigenvalue weighted by Gasteiger charge is 2.41. The third-order valence-electron chi connectivity index (χ3n) is 5.60. The summed E-state index contributed by atoms with van der Waals surface area (Å²) in [5.41, 5.74) is 2.93. The fourth-order valence-electron chi connectivity index (χ4n) is 4.42. The Morgan fingerprint density at radius 2 is 1.79 bits per heavy atom. The van der Waals surface area contributed by atoms with Crippen molar-refractivity contribution < 1.29 is 9.59 Å². The predicted octanol–water partition coefficient (Wildman–Crippen LogP) is 4.31. The fraction of sp³-hybridized carbons (Fsp3) is 0.524. The second-order valence-electron chi connectivity index (χ2n) is 7.39. The van der Waals surface area contributed by atoms with Crippen molar-refractivity contribution in [1.29, 1.82) is 0 Å². The number of carbonyl (C=O) groups is 2. The molecule has 3 rings (SSSR count). The molecule has 0 spiro atoms. The standard InChI is InChI=1S/C21H27NO2/c1-14(2)20(16-9-5-4-6-10-16)21(24)22-18-12-8-7-11-17(18)13-19(22)15(3)23/h7-8,11-12,16,19-20H,1,4-6,9-10,13H2,2-3H3/t19-,20-/m0/s1. The van der Waals surface area contributed by atoms with Gasteiger partial charge in [-0.05, 0) is 44.2 Å². The van der Waals surface area contributed by atoms with Crippen LogP contribution in [0.2, 0.25) is 0 Å². The van der Waals surface area contributed by atoms with Crippen LogP contribution in [0, 0.1) is 11.8 Å². The number of ketones is 1. The fourth-order valence-corrected chi connectivity index (χ4v) is 4.42. The Bertz CT molecular complexity index is 658. The van der Waals surface area contributed by atoms with Crippen molar-refractivity contribution in [2.45, 2.75) is 58.4 Å². The predicted molar refractivity (Wildman–Crippen MR) is 97.0 cm³/mol. The molecule has 0 radical (unpaired) electrons. The lowest BCUT2D eigenvalue weighted by atomic mass is 9.76. The van der Waals surface area contributed by atoms with Crippen LogP contribution in [0.1, 0.15) is 51.5 Å². The Morgan fingerprint density at radius 1 is 1.12 bits per heavy atom. The van der Waals surface area contributed by atoms with E-state index < -0.39 is 0 Å². The summed E-state index contributed by atoms with van der Waals surface area (Å²) in [4.78, 5) is 27.4. The van der Waals surface area contributed by atoms with E-state index in [4.69, 9.17) is 0 Å². The van der Waals surface area contributed by atoms with Gasteiger partial charge in [-0.25, -0.2) is 0 Å². The van der Waals surface area contributed by atoms with E-state index in [2.05, 4.69) is 6.58 Å². The smallest absolute Gasteiger partial charge is 0.235 e. The molecule has 1 aromatic rings. The first-order chi connectivity index (χ1) is 11.5. The summed E-state index contributed by atoms with van der Waals surface area (Å²) >= 11 is 0. The van der Waals surface area contributed by atoms with Crippen LogP contribution in [-0.4, -0.2) is 17.7 Å². The Morgan fingerprint density at radius 3 is 2.42 bits per heavy atom. The number of rotatable bonds is 4. The quantitative estimate of drug-likeness (QED) is 0.774. The Labute approximate surface area is 144 Å². The topological polar surface area (TPSA) is 37.4 Å². The minimum absolute atomic E-state index is 0.0589. The number of Topliss-reactive ketones (excluding diaryl/α,β-unsaturated/α-hetero) is 1. The van der Waals surface area contributed by atoms with Crippen molar-refractivity contribution in [3.8, 4) is 0 Å². The average molecular weight is 325 g/mol. The van der Waals surface area contributed by atoms with Gasteiger partial charge in [0.05, 0.1) is 12.0 Å². The SMILES string of the molecule is C=C(C)[C@H](C(=O)N1c2ccccc2C[C@H]1C(C)=O)C1CCCCC1. The van der Waals surface area contributed by atoms with Gasteiger partial charge in [-0.1, -0.05) is 49.6 Å². The number of hydrogen-bond donors (Lipinski definition) is 0. The van der Waals surface area contributed by atoms with E-state index in [1.165, 1.54) is 19.3 Å². The van der Waals surface area contributed by atoms with Crippen molar-refractivity contribution in [3.63, 3.8) is 0 Å². The van der Waals surface area contributed by atoms with Gasteiger partial charge < -0.3 is 4.90 Å². The van der Waals surface area contributed by atoms with Gasteiger partial charge in [0.15, 0.2) is 5.78 Å². The minimum atomic E-state index is -0.361. The number of fused-ring (bicyclic) bond motifs is 1. The maximum absolute atomic E-state index is 13.5. The van der Waals surface area contributed by atoms with Gasteiger partial charge in [-0.3, -0.25) is 9.59 Å². The van der Waals surface area contributed by atoms with Crippen LogP contribution in [0.25, 0.3) is 0 Å². The molecule has 0 saturated heterocycles. The van der Waals surface area contributed by atoms with Gasteiger partial charge >= 0.3 is 0 Å². The van der Waals surface area contributed by atoms with Crippen molar-refractivity contribution in [3.05, 3.63) is 42.0 Å². The van der Waals surface area contributed by atoms with Gasteiger partial charge in [0.2, 0.25) is 5.91 Å². The lowest BCUT2D eigenvalue weighted by molar-refractivity contribution is -0.126. The summed E-state index contributed by atoms with van der Waals surface area (Å²) in [5, 5.41) is 0. The molecule has 3 nitrogen and oxygen atoms in total. The first-order valence-electron chi connectivity index (χ1n) is 9.07. The molecule has 1 aliphatic heterocycles. The van der Waals surface area contributed by atoms with Gasteiger partial charge in [0.1, 0.15) is 0 Å². The van der Waals surface area contributed by atoms with Crippen molar-refractivity contribution in [2.24, 2.45) is 11.8 Å². The van der Waals surface area contributed by atoms with Crippen LogP contribution in [0.5, 0.6) is 0 Å². The van der Waals surface area contributed by atoms with E-state index in [9.17, 15) is 9.59 Å². The van der Waals surface area contributed by atoms with Crippen LogP contribution in [0.15, 0.2) is 36.4 Å². The molecule has 2 aliphatic rings. The highest BCUT2D eigenvalue weighted by atomic mass is 16.2. The zero-order chi connectivity index (χ0) is 17.3. The third kappa shape index (κ3) is 3.04. The number of amides is 1. The summed E-state index contributed by atoms with van der Waals surface area (Å²) in [5.74, 6) is 0.325. The zero-order valence-corrected chi connectivity index (χ0v) is 14.8. The summed E-state index contributed by atoms with van der Waals surface area (Å²) in [6.45, 7) is 7.67. The molecular formula is C21H27NO2. The number of nitrogens with zero attached hydrogens (tertiary/aromatic N) is 1. The lowest BCUT2D eigenvalue weighted by Gasteiger charge is -2.34. The van der Waals surface area contributed by atoms with Crippen molar-refractivity contribution in [1.82, 2.24) is 0 Å². The molecule has 1 heterocycles. The third-order valence-corrected chi connectivity index (χ3v) is 5.60. The molecular weight excluding hydrogens is 298 g/mol. The van der Waals surface area contributed by atoms with Crippen LogP contribution < -0.4 is 4.90 Å². The normalized spacial score (nSPS) is 22.1. The maximum Gasteiger partial charge on any atom is 0.235 e. The van der Waals surface area contributed by atoms with E-state index >= 15 is 0 Å². The lowest BCUT2D eigenvalue weighted by Crippen LogP contribution is -2.47. The molecule has 128 valence electrons. The molecule has 1 aromatic carbocycles. The number of para-hydroxylation sites is 1. The van der Waals surface area contributed by atoms with E-state index in [0.29, 0.717) is 12.3 Å². The van der Waals surface area contributed by atoms with Gasteiger partial charge in [-0.15, -0.1) is 0 Å². The Kier molecular flexibility index (Phi) is 4.88. The van der Waals surface area contributed by atoms with Crippen LogP contribution in [0.4, 0.5) is 5.69 Å². The molecule has 2 atom stereocenters. The van der Waals surface area contributed by atoms with Gasteiger partial charge in [0.25, 0.3) is 0 Å². The molecule has 0 unspecified atom stereocenters. The molecule has 0 aromatic heterocycles. The second-order valence-corrected chi connectivity index (χ2v) is 7.39. The van der Waals surface area contributed by atoms with Crippen molar-refractivity contribution in [2.75, 3.05) is 4.90 Å². The minimum Gasteiger partial charge on any atom is -0.301 e. The number of benzene rings is 1. The number of anilines is 1. The summed E-state index contributed by atoms with van der Waals surface area (Å²) < 4.78 is 0. The number of hydrogen-bond acceptors (Lipinski definition) is 2. The number of carbonyl (C=O) groups excluding carboxylic acids is 2. The molecule has 0 bridgehead atoms. The first-order valence-corrected chi connectivity index (χ1v) is 9.07. The highest BCUT2D eigenvalue weighted by molar-refractivity contribution is 6.05. The molecule has 1 saturated carbocycles. The Hall–Kier alpha value is -1.90. The molecule has 1 aliphatic carbocycles. The van der Waals surface area contributed by atoms with Gasteiger partial charge in [0, 0.05) is 12.1 Å². The van der Waals surface area contributed by atoms with Crippen molar-refractivity contribution >= 4 is 17.4 Å². The van der Waals surface area contributed by atoms with E-state index in [0.717, 1.165) is 29.7 Å². The zero-order valence-electron chi connectivity index (χ0n) is 14.8. The molecule has 1 amide bonds. The van der Waals surface area contributed by atoms with Gasteiger partial charge in [-0.2, -0.15) is 0 Å². The summed E-state index contributed by atoms with van der Waals surface area (Å²) in [6, 6.07) is 7.54. The molecule has 24 heavy (non-hydrogen) atoms. The molecule has 0 N–H and O–H groups in total. The molecule has 1 fully saturated rings. The second kappa shape index (κ2) is 6.92. The average Bonchev–Trinajstić information content (AvgIpc) is 2.95. The maximum atomic E-state index is 13.5. The van der Waals surface area contributed by atoms with E-state index in [1.807, 2.05) is 31.2 Å². The van der Waals surface area contributed by atoms with E-state index in [1.54, 1.807) is 11.8 Å². The van der Waals surface area contributed by atoms with E-state index in [-0.39, 0.29) is 23.7 Å². The van der Waals surface area contributed by atoms with Crippen LogP contribution >= 0.6 is 0 Å². The largest absolute Gasteiger partial charge is 0.301 e. The van der Waals surface area contributed by atoms with Crippen LogP contribution in [0.3, 0.4) is 0 Å². The first kappa shape index (κ1) is 16.9. The highest BCUT2D eigenvalue weighted by Crippen LogP contribution is 2.39. The summed E-state index contributed by atoms with van der Waals surface area (Å²) in [7, 11) is 0. The monoisotopic (exact) mass is 325 g/mol. The Balaban J connectivity index is 1.95.